The molecule has 2 aliphatic rings. The number of aliphatic carboxylic acids is 1. The molecule has 0 saturated carbocycles. The molecule has 0 aromatic carbocycles. The number of aliphatic hydroxyl groups excluding tert-OH is 1. The number of carbonyl (C=O) groups is 1. The number of carboxylic acids is 1. The first-order chi connectivity index (χ1) is 9.72. The zero-order chi connectivity index (χ0) is 14.4. The van der Waals surface area contributed by atoms with Crippen LogP contribution < -0.4 is 0 Å². The second-order valence-corrected chi connectivity index (χ2v) is 7.11. The lowest BCUT2D eigenvalue weighted by atomic mass is 9.76. The van der Waals surface area contributed by atoms with Gasteiger partial charge in [0.25, 0.3) is 0 Å². The number of rotatable bonds is 10. The van der Waals surface area contributed by atoms with Crippen molar-refractivity contribution in [3.8, 4) is 0 Å². The lowest BCUT2D eigenvalue weighted by Gasteiger charge is -2.27. The van der Waals surface area contributed by atoms with Gasteiger partial charge < -0.3 is 14.9 Å². The Balaban J connectivity index is 1.58. The molecule has 2 heterocycles. The van der Waals surface area contributed by atoms with E-state index in [1.54, 1.807) is 0 Å². The highest BCUT2D eigenvalue weighted by Gasteiger charge is 2.47. The van der Waals surface area contributed by atoms with E-state index in [-0.39, 0.29) is 6.61 Å². The summed E-state index contributed by atoms with van der Waals surface area (Å²) in [6.07, 6.45) is 7.33. The zero-order valence-electron chi connectivity index (χ0n) is 12.0. The van der Waals surface area contributed by atoms with Crippen LogP contribution in [0.2, 0.25) is 0 Å². The van der Waals surface area contributed by atoms with Crippen molar-refractivity contribution in [1.82, 2.24) is 0 Å². The Labute approximate surface area is 125 Å². The first-order valence-corrected chi connectivity index (χ1v) is 8.93. The maximum Gasteiger partial charge on any atom is 0.303 e. The molecule has 0 aliphatic carbocycles. The minimum Gasteiger partial charge on any atom is -0.481 e. The van der Waals surface area contributed by atoms with Crippen molar-refractivity contribution in [3.05, 3.63) is 0 Å². The fourth-order valence-electron chi connectivity index (χ4n) is 3.62. The fraction of sp³-hybridized carbons (Fsp3) is 0.933. The number of hydrogen-bond donors (Lipinski definition) is 2. The van der Waals surface area contributed by atoms with Gasteiger partial charge in [-0.1, -0.05) is 0 Å². The second-order valence-electron chi connectivity index (χ2n) is 5.88. The average Bonchev–Trinajstić information content (AvgIpc) is 3.00. The van der Waals surface area contributed by atoms with Gasteiger partial charge in [-0.3, -0.25) is 4.79 Å². The zero-order valence-corrected chi connectivity index (χ0v) is 12.8. The van der Waals surface area contributed by atoms with E-state index in [9.17, 15) is 9.90 Å². The predicted octanol–water partition coefficient (Wildman–Crippen LogP) is 2.54. The summed E-state index contributed by atoms with van der Waals surface area (Å²) in [5.41, 5.74) is 0. The van der Waals surface area contributed by atoms with Crippen molar-refractivity contribution < 1.29 is 19.7 Å². The van der Waals surface area contributed by atoms with Crippen LogP contribution in [-0.4, -0.2) is 46.5 Å². The van der Waals surface area contributed by atoms with Crippen molar-refractivity contribution >= 4 is 17.7 Å². The third kappa shape index (κ3) is 4.37. The first-order valence-electron chi connectivity index (χ1n) is 7.78. The maximum absolute atomic E-state index is 10.4. The standard InChI is InChI=1S/C15H26O4S/c16-8-6-11-12(14-5-4-13(11)19-14)7-10-20-9-2-1-3-15(17)18/h11-14,16H,1-10H2,(H,17,18)/t11-,12+,13-,14+/m0/s1. The molecule has 0 unspecified atom stereocenters. The Morgan fingerprint density at radius 1 is 1.10 bits per heavy atom. The Morgan fingerprint density at radius 2 is 1.80 bits per heavy atom. The van der Waals surface area contributed by atoms with Gasteiger partial charge in [-0.05, 0) is 61.9 Å². The van der Waals surface area contributed by atoms with Crippen LogP contribution in [0.1, 0.15) is 44.9 Å². The van der Waals surface area contributed by atoms with E-state index >= 15 is 0 Å². The molecule has 2 aliphatic heterocycles. The predicted molar refractivity (Wildman–Crippen MR) is 80.0 cm³/mol. The molecule has 4 atom stereocenters. The molecule has 2 saturated heterocycles. The summed E-state index contributed by atoms with van der Waals surface area (Å²) in [6, 6.07) is 0. The molecule has 20 heavy (non-hydrogen) atoms. The van der Waals surface area contributed by atoms with E-state index in [0.717, 1.165) is 30.8 Å². The molecule has 2 rings (SSSR count). The third-order valence-corrected chi connectivity index (χ3v) is 5.68. The lowest BCUT2D eigenvalue weighted by Crippen LogP contribution is -2.28. The van der Waals surface area contributed by atoms with Gasteiger partial charge in [0.1, 0.15) is 0 Å². The minimum absolute atomic E-state index is 0.274. The van der Waals surface area contributed by atoms with Crippen molar-refractivity contribution in [1.29, 1.82) is 0 Å². The van der Waals surface area contributed by atoms with Crippen molar-refractivity contribution in [2.75, 3.05) is 18.1 Å². The molecule has 2 fully saturated rings. The molecular weight excluding hydrogens is 276 g/mol. The van der Waals surface area contributed by atoms with Crippen LogP contribution in [0.3, 0.4) is 0 Å². The molecule has 0 radical (unpaired) electrons. The van der Waals surface area contributed by atoms with Crippen LogP contribution in [0, 0.1) is 11.8 Å². The number of thioether (sulfide) groups is 1. The summed E-state index contributed by atoms with van der Waals surface area (Å²) in [4.78, 5) is 10.4. The summed E-state index contributed by atoms with van der Waals surface area (Å²) >= 11 is 1.93. The number of aliphatic hydroxyl groups is 1. The molecule has 2 bridgehead atoms. The van der Waals surface area contributed by atoms with Gasteiger partial charge >= 0.3 is 5.97 Å². The van der Waals surface area contributed by atoms with Crippen LogP contribution in [0.25, 0.3) is 0 Å². The summed E-state index contributed by atoms with van der Waals surface area (Å²) < 4.78 is 5.99. The molecule has 0 aromatic rings. The maximum atomic E-state index is 10.4. The molecular formula is C15H26O4S. The number of hydrogen-bond acceptors (Lipinski definition) is 4. The number of carboxylic acid groups (broad SMARTS) is 1. The number of fused-ring (bicyclic) bond motifs is 2. The van der Waals surface area contributed by atoms with Crippen molar-refractivity contribution in [2.45, 2.75) is 57.2 Å². The van der Waals surface area contributed by atoms with E-state index in [1.165, 1.54) is 19.3 Å². The van der Waals surface area contributed by atoms with Gasteiger partial charge in [-0.2, -0.15) is 11.8 Å². The molecule has 5 heteroatoms. The van der Waals surface area contributed by atoms with Crippen molar-refractivity contribution in [2.24, 2.45) is 11.8 Å². The van der Waals surface area contributed by atoms with E-state index < -0.39 is 5.97 Å². The van der Waals surface area contributed by atoms with Gasteiger partial charge in [0.05, 0.1) is 12.2 Å². The van der Waals surface area contributed by atoms with Gasteiger partial charge in [0.2, 0.25) is 0 Å². The third-order valence-electron chi connectivity index (χ3n) is 4.58. The topological polar surface area (TPSA) is 66.8 Å². The van der Waals surface area contributed by atoms with Gasteiger partial charge in [0, 0.05) is 13.0 Å². The number of unbranched alkanes of at least 4 members (excludes halogenated alkanes) is 1. The molecule has 0 spiro atoms. The molecule has 0 amide bonds. The van der Waals surface area contributed by atoms with Crippen LogP contribution >= 0.6 is 11.8 Å². The number of ether oxygens (including phenoxy) is 1. The highest BCUT2D eigenvalue weighted by molar-refractivity contribution is 7.99. The Hall–Kier alpha value is -0.260. The van der Waals surface area contributed by atoms with Crippen LogP contribution in [0.4, 0.5) is 0 Å². The van der Waals surface area contributed by atoms with Crippen LogP contribution in [0.15, 0.2) is 0 Å². The summed E-state index contributed by atoms with van der Waals surface area (Å²) in [7, 11) is 0. The van der Waals surface area contributed by atoms with Crippen LogP contribution in [-0.2, 0) is 9.53 Å². The molecule has 4 nitrogen and oxygen atoms in total. The van der Waals surface area contributed by atoms with Gasteiger partial charge in [-0.25, -0.2) is 0 Å². The largest absolute Gasteiger partial charge is 0.481 e. The van der Waals surface area contributed by atoms with E-state index in [2.05, 4.69) is 0 Å². The van der Waals surface area contributed by atoms with Gasteiger partial charge in [-0.15, -0.1) is 0 Å². The van der Waals surface area contributed by atoms with Gasteiger partial charge in [0.15, 0.2) is 0 Å². The summed E-state index contributed by atoms with van der Waals surface area (Å²) in [5.74, 6) is 2.69. The summed E-state index contributed by atoms with van der Waals surface area (Å²) in [5, 5.41) is 17.7. The monoisotopic (exact) mass is 302 g/mol. The lowest BCUT2D eigenvalue weighted by molar-refractivity contribution is -0.137. The fourth-order valence-corrected chi connectivity index (χ4v) is 4.67. The quantitative estimate of drug-likeness (QED) is 0.607. The average molecular weight is 302 g/mol. The molecule has 116 valence electrons. The second kappa shape index (κ2) is 8.25. The molecule has 0 aromatic heterocycles. The SMILES string of the molecule is O=C(O)CCCCSCC[C@@H]1[C@H](CCO)[C@@H]2CC[C@H]1O2. The van der Waals surface area contributed by atoms with E-state index in [1.807, 2.05) is 11.8 Å². The minimum atomic E-state index is -0.694. The summed E-state index contributed by atoms with van der Waals surface area (Å²) in [6.45, 7) is 0.274. The Bertz CT molecular complexity index is 310. The normalized spacial score (nSPS) is 31.9. The highest BCUT2D eigenvalue weighted by Crippen LogP contribution is 2.46. The van der Waals surface area contributed by atoms with Crippen molar-refractivity contribution in [3.63, 3.8) is 0 Å². The van der Waals surface area contributed by atoms with Crippen LogP contribution in [0.5, 0.6) is 0 Å². The first kappa shape index (κ1) is 16.1. The Kier molecular flexibility index (Phi) is 6.65. The van der Waals surface area contributed by atoms with E-state index in [0.29, 0.717) is 30.5 Å². The smallest absolute Gasteiger partial charge is 0.303 e. The van der Waals surface area contributed by atoms with E-state index in [4.69, 9.17) is 9.84 Å². The highest BCUT2D eigenvalue weighted by atomic mass is 32.2. The Morgan fingerprint density at radius 3 is 2.45 bits per heavy atom. The molecule has 2 N–H and O–H groups in total.